The van der Waals surface area contributed by atoms with Crippen LogP contribution in [0.5, 0.6) is 0 Å². The van der Waals surface area contributed by atoms with Gasteiger partial charge in [-0.25, -0.2) is 24.0 Å². The van der Waals surface area contributed by atoms with Gasteiger partial charge in [0.15, 0.2) is 0 Å². The van der Waals surface area contributed by atoms with Crippen LogP contribution in [0.2, 0.25) is 0 Å². The number of pyridine rings is 1. The minimum Gasteiger partial charge on any atom is -0.351 e. The van der Waals surface area contributed by atoms with Crippen LogP contribution in [0.3, 0.4) is 0 Å². The number of carbonyl (C=O) groups is 1. The number of sulfonamides is 1. The van der Waals surface area contributed by atoms with Crippen molar-refractivity contribution >= 4 is 21.7 Å². The van der Waals surface area contributed by atoms with Crippen molar-refractivity contribution in [2.45, 2.75) is 6.92 Å². The van der Waals surface area contributed by atoms with E-state index in [4.69, 9.17) is 5.84 Å². The van der Waals surface area contributed by atoms with Crippen molar-refractivity contribution in [2.24, 2.45) is 5.84 Å². The number of anilines is 1. The molecule has 0 spiro atoms. The molecule has 0 fully saturated rings. The van der Waals surface area contributed by atoms with Crippen molar-refractivity contribution in [3.63, 3.8) is 0 Å². The number of hydrazine groups is 1. The van der Waals surface area contributed by atoms with Gasteiger partial charge in [-0.3, -0.25) is 4.79 Å². The molecule has 5 N–H and O–H groups in total. The summed E-state index contributed by atoms with van der Waals surface area (Å²) in [6, 6.07) is 3.12. The number of nitrogens with two attached hydrogens (primary N) is 1. The second-order valence-electron chi connectivity index (χ2n) is 3.95. The van der Waals surface area contributed by atoms with Crippen LogP contribution in [-0.4, -0.2) is 38.7 Å². The molecule has 0 radical (unpaired) electrons. The number of nitrogen functional groups attached to an aromatic ring is 1. The van der Waals surface area contributed by atoms with E-state index in [0.717, 1.165) is 6.26 Å². The highest BCUT2D eigenvalue weighted by Crippen LogP contribution is 2.08. The van der Waals surface area contributed by atoms with E-state index in [1.807, 2.05) is 0 Å². The molecule has 0 aliphatic rings. The summed E-state index contributed by atoms with van der Waals surface area (Å²) in [7, 11) is -3.24. The lowest BCUT2D eigenvalue weighted by Crippen LogP contribution is -2.34. The first-order chi connectivity index (χ1) is 8.81. The van der Waals surface area contributed by atoms with Gasteiger partial charge in [0.25, 0.3) is 5.91 Å². The molecule has 0 unspecified atom stereocenters. The first-order valence-corrected chi connectivity index (χ1v) is 7.39. The number of aromatic nitrogens is 1. The van der Waals surface area contributed by atoms with Crippen LogP contribution in [0.4, 0.5) is 5.82 Å². The van der Waals surface area contributed by atoms with Crippen molar-refractivity contribution < 1.29 is 13.2 Å². The maximum Gasteiger partial charge on any atom is 0.251 e. The van der Waals surface area contributed by atoms with Crippen molar-refractivity contribution in [1.82, 2.24) is 15.0 Å². The van der Waals surface area contributed by atoms with E-state index < -0.39 is 10.0 Å². The van der Waals surface area contributed by atoms with Crippen molar-refractivity contribution in [3.8, 4) is 0 Å². The van der Waals surface area contributed by atoms with E-state index in [1.165, 1.54) is 6.07 Å². The predicted octanol–water partition coefficient (Wildman–Crippen LogP) is -1.05. The molecule has 106 valence electrons. The number of carbonyl (C=O) groups excluding carboxylic acids is 1. The standard InChI is InChI=1S/C10H17N5O3S/c1-7-5-8(6-9(14-7)15-11)10(16)12-3-4-13-19(2,17)18/h5-6,13H,3-4,11H2,1-2H3,(H,12,16)(H,14,15). The summed E-state index contributed by atoms with van der Waals surface area (Å²) in [6.45, 7) is 2.07. The smallest absolute Gasteiger partial charge is 0.251 e. The Balaban J connectivity index is 2.56. The highest BCUT2D eigenvalue weighted by atomic mass is 32.2. The Hall–Kier alpha value is -1.71. The Morgan fingerprint density at radius 3 is 2.63 bits per heavy atom. The molecular formula is C10H17N5O3S. The van der Waals surface area contributed by atoms with Crippen LogP contribution in [0, 0.1) is 6.92 Å². The molecule has 1 rings (SSSR count). The summed E-state index contributed by atoms with van der Waals surface area (Å²) < 4.78 is 23.9. The Labute approximate surface area is 111 Å². The Kier molecular flexibility index (Phi) is 5.21. The molecule has 0 aliphatic carbocycles. The molecule has 0 atom stereocenters. The van der Waals surface area contributed by atoms with E-state index >= 15 is 0 Å². The third kappa shape index (κ3) is 5.64. The summed E-state index contributed by atoms with van der Waals surface area (Å²) in [5.74, 6) is 5.30. The van der Waals surface area contributed by atoms with Gasteiger partial charge in [-0.1, -0.05) is 0 Å². The molecule has 0 aromatic carbocycles. The number of hydrogen-bond donors (Lipinski definition) is 4. The number of aryl methyl sites for hydroxylation is 1. The number of nitrogens with one attached hydrogen (secondary N) is 3. The fourth-order valence-corrected chi connectivity index (χ4v) is 1.86. The first-order valence-electron chi connectivity index (χ1n) is 5.50. The van der Waals surface area contributed by atoms with Crippen LogP contribution in [-0.2, 0) is 10.0 Å². The van der Waals surface area contributed by atoms with Gasteiger partial charge in [-0.2, -0.15) is 0 Å². The first kappa shape index (κ1) is 15.3. The Morgan fingerprint density at radius 2 is 2.05 bits per heavy atom. The largest absolute Gasteiger partial charge is 0.351 e. The van der Waals surface area contributed by atoms with Gasteiger partial charge in [0, 0.05) is 24.3 Å². The summed E-state index contributed by atoms with van der Waals surface area (Å²) >= 11 is 0. The summed E-state index contributed by atoms with van der Waals surface area (Å²) in [5, 5.41) is 2.59. The quantitative estimate of drug-likeness (QED) is 0.300. The molecule has 19 heavy (non-hydrogen) atoms. The average Bonchev–Trinajstić information content (AvgIpc) is 2.32. The zero-order valence-electron chi connectivity index (χ0n) is 10.7. The maximum absolute atomic E-state index is 11.8. The third-order valence-corrected chi connectivity index (χ3v) is 2.87. The molecule has 9 heteroatoms. The lowest BCUT2D eigenvalue weighted by atomic mass is 10.2. The van der Waals surface area contributed by atoms with Crippen molar-refractivity contribution in [1.29, 1.82) is 0 Å². The van der Waals surface area contributed by atoms with E-state index in [2.05, 4.69) is 20.4 Å². The molecular weight excluding hydrogens is 270 g/mol. The van der Waals surface area contributed by atoms with E-state index in [1.54, 1.807) is 13.0 Å². The second-order valence-corrected chi connectivity index (χ2v) is 5.78. The molecule has 0 saturated carbocycles. The van der Waals surface area contributed by atoms with Gasteiger partial charge in [0.05, 0.1) is 6.26 Å². The fraction of sp³-hybridized carbons (Fsp3) is 0.400. The minimum atomic E-state index is -3.24. The van der Waals surface area contributed by atoms with Gasteiger partial charge in [0.1, 0.15) is 5.82 Å². The maximum atomic E-state index is 11.8. The summed E-state index contributed by atoms with van der Waals surface area (Å²) in [5.41, 5.74) is 3.42. The van der Waals surface area contributed by atoms with Crippen LogP contribution >= 0.6 is 0 Å². The van der Waals surface area contributed by atoms with E-state index in [9.17, 15) is 13.2 Å². The zero-order chi connectivity index (χ0) is 14.5. The predicted molar refractivity (Wildman–Crippen MR) is 72.0 cm³/mol. The van der Waals surface area contributed by atoms with Gasteiger partial charge in [0.2, 0.25) is 10.0 Å². The van der Waals surface area contributed by atoms with Crippen LogP contribution in [0.15, 0.2) is 12.1 Å². The van der Waals surface area contributed by atoms with Crippen LogP contribution in [0.25, 0.3) is 0 Å². The van der Waals surface area contributed by atoms with E-state index in [0.29, 0.717) is 17.1 Å². The monoisotopic (exact) mass is 287 g/mol. The van der Waals surface area contributed by atoms with E-state index in [-0.39, 0.29) is 19.0 Å². The topological polar surface area (TPSA) is 126 Å². The van der Waals surface area contributed by atoms with Gasteiger partial charge in [-0.05, 0) is 19.1 Å². The van der Waals surface area contributed by atoms with Crippen molar-refractivity contribution in [2.75, 3.05) is 24.8 Å². The molecule has 8 nitrogen and oxygen atoms in total. The van der Waals surface area contributed by atoms with Gasteiger partial charge >= 0.3 is 0 Å². The zero-order valence-corrected chi connectivity index (χ0v) is 11.5. The molecule has 1 heterocycles. The number of hydrogen-bond acceptors (Lipinski definition) is 6. The summed E-state index contributed by atoms with van der Waals surface area (Å²) in [6.07, 6.45) is 1.06. The molecule has 1 aromatic heterocycles. The molecule has 0 aliphatic heterocycles. The molecule has 0 saturated heterocycles. The third-order valence-electron chi connectivity index (χ3n) is 2.14. The van der Waals surface area contributed by atoms with Gasteiger partial charge < -0.3 is 10.7 Å². The molecule has 1 amide bonds. The number of rotatable bonds is 6. The minimum absolute atomic E-state index is 0.136. The van der Waals surface area contributed by atoms with Crippen LogP contribution in [0.1, 0.15) is 16.1 Å². The van der Waals surface area contributed by atoms with Crippen LogP contribution < -0.4 is 21.3 Å². The SMILES string of the molecule is Cc1cc(C(=O)NCCNS(C)(=O)=O)cc(NN)n1. The second kappa shape index (κ2) is 6.45. The number of nitrogens with zero attached hydrogens (tertiary/aromatic N) is 1. The van der Waals surface area contributed by atoms with Crippen molar-refractivity contribution in [3.05, 3.63) is 23.4 Å². The highest BCUT2D eigenvalue weighted by Gasteiger charge is 2.08. The highest BCUT2D eigenvalue weighted by molar-refractivity contribution is 7.88. The average molecular weight is 287 g/mol. The van der Waals surface area contributed by atoms with Gasteiger partial charge in [-0.15, -0.1) is 0 Å². The Bertz CT molecular complexity index is 558. The fourth-order valence-electron chi connectivity index (χ4n) is 1.39. The normalized spacial score (nSPS) is 11.1. The lowest BCUT2D eigenvalue weighted by molar-refractivity contribution is 0.0954. The number of amides is 1. The Morgan fingerprint density at radius 1 is 1.37 bits per heavy atom. The molecule has 1 aromatic rings. The lowest BCUT2D eigenvalue weighted by Gasteiger charge is -2.08. The molecule has 0 bridgehead atoms. The summed E-state index contributed by atoms with van der Waals surface area (Å²) in [4.78, 5) is 15.9.